The van der Waals surface area contributed by atoms with Crippen molar-refractivity contribution in [1.82, 2.24) is 15.2 Å². The third kappa shape index (κ3) is 6.08. The number of pyridine rings is 1. The smallest absolute Gasteiger partial charge is 0.410 e. The highest BCUT2D eigenvalue weighted by Crippen LogP contribution is 2.23. The van der Waals surface area contributed by atoms with Gasteiger partial charge in [0, 0.05) is 37.1 Å². The lowest BCUT2D eigenvalue weighted by Gasteiger charge is -2.32. The number of fused-ring (bicyclic) bond motifs is 1. The van der Waals surface area contributed by atoms with Crippen LogP contribution in [-0.4, -0.2) is 53.7 Å². The Bertz CT molecular complexity index is 865. The van der Waals surface area contributed by atoms with Gasteiger partial charge in [-0.05, 0) is 52.2 Å². The Hall–Kier alpha value is -2.83. The molecule has 30 heavy (non-hydrogen) atoms. The van der Waals surface area contributed by atoms with Crippen LogP contribution in [0.25, 0.3) is 10.9 Å². The van der Waals surface area contributed by atoms with E-state index >= 15 is 0 Å². The number of nitrogens with one attached hydrogen (secondary N) is 1. The van der Waals surface area contributed by atoms with Crippen molar-refractivity contribution in [2.45, 2.75) is 45.6 Å². The molecule has 0 spiro atoms. The summed E-state index contributed by atoms with van der Waals surface area (Å²) < 4.78 is 11.3. The first-order chi connectivity index (χ1) is 14.3. The van der Waals surface area contributed by atoms with Gasteiger partial charge in [-0.3, -0.25) is 9.78 Å². The molecule has 0 unspecified atom stereocenters. The average molecular weight is 414 g/mol. The summed E-state index contributed by atoms with van der Waals surface area (Å²) in [5.74, 6) is 0.742. The van der Waals surface area contributed by atoms with Crippen LogP contribution in [-0.2, 0) is 9.53 Å². The summed E-state index contributed by atoms with van der Waals surface area (Å²) in [4.78, 5) is 30.6. The lowest BCUT2D eigenvalue weighted by molar-refractivity contribution is -0.126. The van der Waals surface area contributed by atoms with Crippen LogP contribution in [0.2, 0.25) is 0 Å². The lowest BCUT2D eigenvalue weighted by atomic mass is 9.96. The summed E-state index contributed by atoms with van der Waals surface area (Å²) in [7, 11) is 0. The third-order valence-electron chi connectivity index (χ3n) is 4.99. The summed E-state index contributed by atoms with van der Waals surface area (Å²) in [6.07, 6.45) is 3.48. The van der Waals surface area contributed by atoms with E-state index in [9.17, 15) is 9.59 Å². The standard InChI is InChI=1S/C23H31N3O4/c1-23(2,3)30-22(28)26-14-10-18(11-15-26)21(27)25-13-6-16-29-19-9-4-7-17-8-5-12-24-20(17)19/h4-5,7-9,12,18H,6,10-11,13-16H2,1-3H3,(H,25,27). The van der Waals surface area contributed by atoms with Crippen LogP contribution in [0, 0.1) is 5.92 Å². The second-order valence-corrected chi connectivity index (χ2v) is 8.57. The number of piperidine rings is 1. The van der Waals surface area contributed by atoms with Crippen molar-refractivity contribution in [2.75, 3.05) is 26.2 Å². The molecule has 0 atom stereocenters. The number of para-hydroxylation sites is 1. The molecule has 1 N–H and O–H groups in total. The number of ether oxygens (including phenoxy) is 2. The van der Waals surface area contributed by atoms with Crippen molar-refractivity contribution in [2.24, 2.45) is 5.92 Å². The SMILES string of the molecule is CC(C)(C)OC(=O)N1CCC(C(=O)NCCCOc2cccc3cccnc23)CC1. The molecule has 1 aromatic heterocycles. The highest BCUT2D eigenvalue weighted by molar-refractivity contribution is 5.84. The van der Waals surface area contributed by atoms with Gasteiger partial charge in [-0.1, -0.05) is 18.2 Å². The van der Waals surface area contributed by atoms with Crippen LogP contribution in [0.1, 0.15) is 40.0 Å². The maximum Gasteiger partial charge on any atom is 0.410 e. The minimum atomic E-state index is -0.504. The molecular formula is C23H31N3O4. The number of carbonyl (C=O) groups is 2. The maximum absolute atomic E-state index is 12.4. The number of carbonyl (C=O) groups excluding carboxylic acids is 2. The Labute approximate surface area is 177 Å². The first kappa shape index (κ1) is 21.9. The van der Waals surface area contributed by atoms with Gasteiger partial charge < -0.3 is 19.7 Å². The first-order valence-corrected chi connectivity index (χ1v) is 10.6. The van der Waals surface area contributed by atoms with E-state index in [1.165, 1.54) is 0 Å². The van der Waals surface area contributed by atoms with E-state index in [4.69, 9.17) is 9.47 Å². The molecule has 2 heterocycles. The number of hydrogen-bond donors (Lipinski definition) is 1. The number of likely N-dealkylation sites (tertiary alicyclic amines) is 1. The second-order valence-electron chi connectivity index (χ2n) is 8.57. The number of hydrogen-bond acceptors (Lipinski definition) is 5. The number of rotatable bonds is 6. The van der Waals surface area contributed by atoms with Crippen LogP contribution in [0.15, 0.2) is 36.5 Å². The van der Waals surface area contributed by atoms with Crippen molar-refractivity contribution >= 4 is 22.9 Å². The molecule has 2 aromatic rings. The van der Waals surface area contributed by atoms with E-state index < -0.39 is 5.60 Å². The van der Waals surface area contributed by atoms with Gasteiger partial charge in [-0.2, -0.15) is 0 Å². The van der Waals surface area contributed by atoms with Gasteiger partial charge in [0.15, 0.2) is 0 Å². The van der Waals surface area contributed by atoms with Gasteiger partial charge in [0.2, 0.25) is 5.91 Å². The van der Waals surface area contributed by atoms with Gasteiger partial charge in [0.25, 0.3) is 0 Å². The monoisotopic (exact) mass is 413 g/mol. The maximum atomic E-state index is 12.4. The van der Waals surface area contributed by atoms with E-state index in [1.807, 2.05) is 51.1 Å². The van der Waals surface area contributed by atoms with E-state index in [-0.39, 0.29) is 17.9 Å². The highest BCUT2D eigenvalue weighted by atomic mass is 16.6. The fraction of sp³-hybridized carbons (Fsp3) is 0.522. The van der Waals surface area contributed by atoms with Crippen LogP contribution < -0.4 is 10.1 Å². The molecule has 0 aliphatic carbocycles. The predicted octanol–water partition coefficient (Wildman–Crippen LogP) is 3.77. The number of nitrogens with zero attached hydrogens (tertiary/aromatic N) is 2. The van der Waals surface area contributed by atoms with E-state index in [2.05, 4.69) is 10.3 Å². The summed E-state index contributed by atoms with van der Waals surface area (Å²) >= 11 is 0. The van der Waals surface area contributed by atoms with Crippen molar-refractivity contribution in [3.63, 3.8) is 0 Å². The van der Waals surface area contributed by atoms with Gasteiger partial charge in [0.1, 0.15) is 16.9 Å². The Morgan fingerprint density at radius 3 is 2.63 bits per heavy atom. The van der Waals surface area contributed by atoms with E-state index in [1.54, 1.807) is 11.1 Å². The van der Waals surface area contributed by atoms with Crippen LogP contribution in [0.4, 0.5) is 4.79 Å². The summed E-state index contributed by atoms with van der Waals surface area (Å²) in [5.41, 5.74) is 0.343. The largest absolute Gasteiger partial charge is 0.491 e. The average Bonchev–Trinajstić information content (AvgIpc) is 2.72. The Morgan fingerprint density at radius 1 is 1.17 bits per heavy atom. The molecule has 0 radical (unpaired) electrons. The van der Waals surface area contributed by atoms with Crippen molar-refractivity contribution in [3.05, 3.63) is 36.5 Å². The number of aromatic nitrogens is 1. The van der Waals surface area contributed by atoms with Gasteiger partial charge in [-0.15, -0.1) is 0 Å². The number of benzene rings is 1. The van der Waals surface area contributed by atoms with Crippen LogP contribution in [0.3, 0.4) is 0 Å². The third-order valence-corrected chi connectivity index (χ3v) is 4.99. The zero-order valence-corrected chi connectivity index (χ0v) is 18.0. The first-order valence-electron chi connectivity index (χ1n) is 10.6. The zero-order chi connectivity index (χ0) is 21.6. The summed E-state index contributed by atoms with van der Waals surface area (Å²) in [6.45, 7) is 7.72. The van der Waals surface area contributed by atoms with Crippen LogP contribution in [0.5, 0.6) is 5.75 Å². The molecule has 1 fully saturated rings. The van der Waals surface area contributed by atoms with Gasteiger partial charge in [0.05, 0.1) is 6.61 Å². The fourth-order valence-electron chi connectivity index (χ4n) is 3.45. The van der Waals surface area contributed by atoms with Crippen molar-refractivity contribution in [3.8, 4) is 5.75 Å². The summed E-state index contributed by atoms with van der Waals surface area (Å²) in [5, 5.41) is 4.03. The molecule has 1 saturated heterocycles. The zero-order valence-electron chi connectivity index (χ0n) is 18.0. The molecule has 1 aliphatic heterocycles. The van der Waals surface area contributed by atoms with Crippen molar-refractivity contribution < 1.29 is 19.1 Å². The van der Waals surface area contributed by atoms with Crippen molar-refractivity contribution in [1.29, 1.82) is 0 Å². The number of amides is 2. The molecule has 7 nitrogen and oxygen atoms in total. The molecule has 1 aromatic carbocycles. The second kappa shape index (κ2) is 9.78. The Kier molecular flexibility index (Phi) is 7.13. The molecule has 7 heteroatoms. The quantitative estimate of drug-likeness (QED) is 0.729. The molecule has 2 amide bonds. The molecule has 162 valence electrons. The van der Waals surface area contributed by atoms with Crippen LogP contribution >= 0.6 is 0 Å². The summed E-state index contributed by atoms with van der Waals surface area (Å²) in [6, 6.07) is 9.77. The normalized spacial score (nSPS) is 15.1. The van der Waals surface area contributed by atoms with E-state index in [0.29, 0.717) is 45.5 Å². The predicted molar refractivity (Wildman–Crippen MR) is 115 cm³/mol. The minimum Gasteiger partial charge on any atom is -0.491 e. The topological polar surface area (TPSA) is 80.8 Å². The molecule has 3 rings (SSSR count). The molecule has 0 saturated carbocycles. The molecule has 1 aliphatic rings. The molecular weight excluding hydrogens is 382 g/mol. The minimum absolute atomic E-state index is 0.0469. The van der Waals surface area contributed by atoms with E-state index in [0.717, 1.165) is 16.7 Å². The lowest BCUT2D eigenvalue weighted by Crippen LogP contribution is -2.45. The Morgan fingerprint density at radius 2 is 1.90 bits per heavy atom. The fourth-order valence-corrected chi connectivity index (χ4v) is 3.45. The molecule has 0 bridgehead atoms. The highest BCUT2D eigenvalue weighted by Gasteiger charge is 2.29. The van der Waals surface area contributed by atoms with Gasteiger partial charge >= 0.3 is 6.09 Å². The Balaban J connectivity index is 1.35. The van der Waals surface area contributed by atoms with Gasteiger partial charge in [-0.25, -0.2) is 4.79 Å².